The first-order chi connectivity index (χ1) is 26.9. The predicted molar refractivity (Wildman–Crippen MR) is 214 cm³/mol. The van der Waals surface area contributed by atoms with Gasteiger partial charge in [-0.15, -0.1) is 0 Å². The molecule has 0 spiro atoms. The number of amides is 4. The number of pyridine rings is 2. The molecule has 0 aliphatic carbocycles. The number of aromatic nitrogens is 2. The van der Waals surface area contributed by atoms with Crippen molar-refractivity contribution in [1.82, 2.24) is 25.9 Å². The maximum atomic E-state index is 14.3. The number of hydrogen-bond donors (Lipinski definition) is 5. The number of hydrogen-bond acceptors (Lipinski definition) is 11. The second kappa shape index (κ2) is 17.5. The first kappa shape index (κ1) is 39.5. The van der Waals surface area contributed by atoms with Crippen LogP contribution in [-0.4, -0.2) is 85.1 Å². The van der Waals surface area contributed by atoms with Gasteiger partial charge < -0.3 is 40.4 Å². The van der Waals surface area contributed by atoms with Crippen LogP contribution in [0, 0.1) is 5.92 Å². The van der Waals surface area contributed by atoms with Gasteiger partial charge in [0, 0.05) is 31.2 Å². The molecule has 4 amide bonds. The quantitative estimate of drug-likeness (QED) is 0.124. The highest BCUT2D eigenvalue weighted by Crippen LogP contribution is 2.32. The second-order valence-electron chi connectivity index (χ2n) is 14.8. The number of nitrogens with one attached hydrogen (secondary N) is 5. The maximum Gasteiger partial charge on any atom is 0.412 e. The molecular weight excluding hydrogens is 716 g/mol. The molecule has 2 aromatic carbocycles. The van der Waals surface area contributed by atoms with E-state index in [1.165, 1.54) is 18.9 Å². The summed E-state index contributed by atoms with van der Waals surface area (Å²) in [5, 5.41) is 15.5. The minimum atomic E-state index is -0.747. The van der Waals surface area contributed by atoms with Crippen molar-refractivity contribution in [3.05, 3.63) is 96.0 Å². The summed E-state index contributed by atoms with van der Waals surface area (Å²) in [5.41, 5.74) is 3.95. The summed E-state index contributed by atoms with van der Waals surface area (Å²) in [6.45, 7) is 9.60. The van der Waals surface area contributed by atoms with Gasteiger partial charge in [0.15, 0.2) is 5.69 Å². The van der Waals surface area contributed by atoms with E-state index in [0.717, 1.165) is 36.0 Å². The number of alkyl carbamates (subject to hydrolysis) is 2. The molecule has 4 aromatic rings. The van der Waals surface area contributed by atoms with E-state index in [1.54, 1.807) is 39.1 Å². The predicted octanol–water partition coefficient (Wildman–Crippen LogP) is 6.08. The molecule has 0 saturated carbocycles. The van der Waals surface area contributed by atoms with Gasteiger partial charge in [0.2, 0.25) is 0 Å². The van der Waals surface area contributed by atoms with Crippen LogP contribution in [0.1, 0.15) is 55.7 Å². The monoisotopic (exact) mass is 764 g/mol. The number of fused-ring (bicyclic) bond motifs is 1. The van der Waals surface area contributed by atoms with E-state index in [9.17, 15) is 19.2 Å². The molecule has 0 unspecified atom stereocenters. The van der Waals surface area contributed by atoms with Crippen LogP contribution in [0.2, 0.25) is 0 Å². The molecule has 6 rings (SSSR count). The molecule has 2 aromatic heterocycles. The van der Waals surface area contributed by atoms with Crippen molar-refractivity contribution in [3.8, 4) is 0 Å². The van der Waals surface area contributed by atoms with Crippen molar-refractivity contribution in [1.29, 1.82) is 0 Å². The van der Waals surface area contributed by atoms with Gasteiger partial charge in [-0.1, -0.05) is 55.5 Å². The van der Waals surface area contributed by atoms with Crippen LogP contribution >= 0.6 is 0 Å². The zero-order valence-electron chi connectivity index (χ0n) is 32.2. The zero-order valence-corrected chi connectivity index (χ0v) is 32.2. The molecule has 56 heavy (non-hydrogen) atoms. The van der Waals surface area contributed by atoms with Gasteiger partial charge in [-0.2, -0.15) is 0 Å². The SMILES string of the molecule is COC(=O)N[C@H]1[C@@H](C)CN(c2ccncc2NC(=O)c2nc3cc(C4=CCNCC4)ccc3cc2NC(=O)OCc2ccccc2)C[C@H]1NC(=O)OC(C)(C)C. The summed E-state index contributed by atoms with van der Waals surface area (Å²) in [7, 11) is 1.28. The molecule has 3 atom stereocenters. The van der Waals surface area contributed by atoms with E-state index in [1.807, 2.05) is 60.4 Å². The molecular formula is C41H48N8O7. The Bertz CT molecular complexity index is 2100. The maximum absolute atomic E-state index is 14.3. The smallest absolute Gasteiger partial charge is 0.412 e. The van der Waals surface area contributed by atoms with Gasteiger partial charge in [-0.25, -0.2) is 19.4 Å². The number of carbonyl (C=O) groups excluding carboxylic acids is 4. The number of anilines is 3. The third-order valence-electron chi connectivity index (χ3n) is 9.45. The number of nitrogens with zero attached hydrogens (tertiary/aromatic N) is 3. The second-order valence-corrected chi connectivity index (χ2v) is 14.8. The minimum absolute atomic E-state index is 0.0285. The molecule has 1 fully saturated rings. The summed E-state index contributed by atoms with van der Waals surface area (Å²) in [6.07, 6.45) is 4.12. The van der Waals surface area contributed by atoms with Gasteiger partial charge in [-0.05, 0) is 74.6 Å². The average Bonchev–Trinajstić information content (AvgIpc) is 3.18. The van der Waals surface area contributed by atoms with Crippen molar-refractivity contribution < 1.29 is 33.4 Å². The third kappa shape index (κ3) is 10.1. The minimum Gasteiger partial charge on any atom is -0.453 e. The topological polar surface area (TPSA) is 185 Å². The summed E-state index contributed by atoms with van der Waals surface area (Å²) >= 11 is 0. The summed E-state index contributed by atoms with van der Waals surface area (Å²) in [6, 6.07) is 17.5. The van der Waals surface area contributed by atoms with Crippen molar-refractivity contribution in [2.24, 2.45) is 5.92 Å². The Balaban J connectivity index is 1.29. The Morgan fingerprint density at radius 2 is 1.73 bits per heavy atom. The van der Waals surface area contributed by atoms with E-state index in [2.05, 4.69) is 37.6 Å². The van der Waals surface area contributed by atoms with Crippen LogP contribution in [0.5, 0.6) is 0 Å². The van der Waals surface area contributed by atoms with E-state index >= 15 is 0 Å². The first-order valence-electron chi connectivity index (χ1n) is 18.5. The lowest BCUT2D eigenvalue weighted by Crippen LogP contribution is -2.64. The Kier molecular flexibility index (Phi) is 12.3. The highest BCUT2D eigenvalue weighted by atomic mass is 16.6. The Morgan fingerprint density at radius 1 is 0.929 bits per heavy atom. The van der Waals surface area contributed by atoms with Crippen LogP contribution in [-0.2, 0) is 20.8 Å². The number of carbonyl (C=O) groups is 4. The van der Waals surface area contributed by atoms with Crippen molar-refractivity contribution in [3.63, 3.8) is 0 Å². The van der Waals surface area contributed by atoms with Crippen LogP contribution in [0.4, 0.5) is 31.4 Å². The molecule has 15 heteroatoms. The zero-order chi connectivity index (χ0) is 39.8. The number of methoxy groups -OCH3 is 1. The Morgan fingerprint density at radius 3 is 2.46 bits per heavy atom. The summed E-state index contributed by atoms with van der Waals surface area (Å²) < 4.78 is 15.9. The largest absolute Gasteiger partial charge is 0.453 e. The molecule has 294 valence electrons. The highest BCUT2D eigenvalue weighted by Gasteiger charge is 2.38. The van der Waals surface area contributed by atoms with Crippen LogP contribution in [0.15, 0.2) is 79.1 Å². The molecule has 5 N–H and O–H groups in total. The van der Waals surface area contributed by atoms with Gasteiger partial charge in [0.05, 0.1) is 48.0 Å². The molecule has 15 nitrogen and oxygen atoms in total. The fourth-order valence-corrected chi connectivity index (χ4v) is 6.84. The summed E-state index contributed by atoms with van der Waals surface area (Å²) in [5.74, 6) is -0.784. The standard InChI is InChI=1S/C41H48N8O7/c1-25-22-49(23-33(35(25)48-38(51)54-5)47-40(53)56-41(2,3)4)34-15-18-43-21-32(34)45-37(50)36-31(46-39(52)55-24-26-9-7-6-8-10-26)20-29-12-11-28(19-30(29)44-36)27-13-16-42-17-14-27/h6-13,15,18-21,25,33,35,42H,14,16-17,22-24H2,1-5H3,(H,45,50)(H,46,52)(H,47,53)(H,48,51)/t25-,33+,35-/m0/s1. The molecule has 4 heterocycles. The number of ether oxygens (including phenoxy) is 3. The number of benzene rings is 2. The van der Waals surface area contributed by atoms with Gasteiger partial charge in [-0.3, -0.25) is 15.1 Å². The third-order valence-corrected chi connectivity index (χ3v) is 9.45. The van der Waals surface area contributed by atoms with Crippen LogP contribution in [0.3, 0.4) is 0 Å². The lowest BCUT2D eigenvalue weighted by Gasteiger charge is -2.44. The Labute approximate surface area is 325 Å². The lowest BCUT2D eigenvalue weighted by atomic mass is 9.89. The van der Waals surface area contributed by atoms with Crippen LogP contribution < -0.4 is 31.5 Å². The molecule has 1 saturated heterocycles. The van der Waals surface area contributed by atoms with E-state index in [-0.39, 0.29) is 30.5 Å². The summed E-state index contributed by atoms with van der Waals surface area (Å²) in [4.78, 5) is 63.8. The van der Waals surface area contributed by atoms with E-state index in [4.69, 9.17) is 19.2 Å². The van der Waals surface area contributed by atoms with E-state index in [0.29, 0.717) is 23.4 Å². The van der Waals surface area contributed by atoms with E-state index < -0.39 is 41.9 Å². The van der Waals surface area contributed by atoms with Crippen molar-refractivity contribution >= 4 is 57.7 Å². The fraction of sp³-hybridized carbons (Fsp3) is 0.366. The number of rotatable bonds is 9. The fourth-order valence-electron chi connectivity index (χ4n) is 6.84. The van der Waals surface area contributed by atoms with Gasteiger partial charge in [0.25, 0.3) is 5.91 Å². The van der Waals surface area contributed by atoms with Crippen LogP contribution in [0.25, 0.3) is 16.5 Å². The molecule has 2 aliphatic heterocycles. The molecule has 2 aliphatic rings. The molecule has 0 radical (unpaired) electrons. The molecule has 0 bridgehead atoms. The van der Waals surface area contributed by atoms with Gasteiger partial charge in [0.1, 0.15) is 12.2 Å². The highest BCUT2D eigenvalue weighted by molar-refractivity contribution is 6.11. The van der Waals surface area contributed by atoms with Gasteiger partial charge >= 0.3 is 18.3 Å². The normalized spacial score (nSPS) is 18.3. The Hall–Kier alpha value is -6.22. The number of piperidine rings is 1. The lowest BCUT2D eigenvalue weighted by molar-refractivity contribution is 0.0476. The average molecular weight is 765 g/mol. The first-order valence-corrected chi connectivity index (χ1v) is 18.5. The van der Waals surface area contributed by atoms with Crippen molar-refractivity contribution in [2.75, 3.05) is 48.8 Å². The van der Waals surface area contributed by atoms with Crippen molar-refractivity contribution in [2.45, 2.75) is 58.4 Å².